The largest absolute Gasteiger partial charge is 0.369 e. The van der Waals surface area contributed by atoms with Crippen LogP contribution in [0, 0.1) is 12.7 Å². The monoisotopic (exact) mass is 353 g/mol. The van der Waals surface area contributed by atoms with Gasteiger partial charge in [-0.25, -0.2) is 9.37 Å². The van der Waals surface area contributed by atoms with E-state index in [1.165, 1.54) is 44.5 Å². The lowest BCUT2D eigenvalue weighted by Crippen LogP contribution is -2.33. The van der Waals surface area contributed by atoms with E-state index in [0.717, 1.165) is 41.5 Å². The Morgan fingerprint density at radius 2 is 1.96 bits per heavy atom. The van der Waals surface area contributed by atoms with Gasteiger partial charge < -0.3 is 10.2 Å². The zero-order valence-electron chi connectivity index (χ0n) is 15.1. The van der Waals surface area contributed by atoms with Crippen LogP contribution in [0.3, 0.4) is 0 Å². The van der Waals surface area contributed by atoms with Crippen LogP contribution in [0.2, 0.25) is 0 Å². The molecular weight excluding hydrogens is 329 g/mol. The molecule has 136 valence electrons. The van der Waals surface area contributed by atoms with Gasteiger partial charge in [-0.1, -0.05) is 18.6 Å². The summed E-state index contributed by atoms with van der Waals surface area (Å²) in [4.78, 5) is 7.06. The molecule has 0 saturated carbocycles. The summed E-state index contributed by atoms with van der Waals surface area (Å²) >= 11 is 0. The smallest absolute Gasteiger partial charge is 0.158 e. The summed E-state index contributed by atoms with van der Waals surface area (Å²) in [5, 5.41) is 8.14. The van der Waals surface area contributed by atoms with Crippen molar-refractivity contribution in [3.8, 4) is 11.3 Å². The van der Waals surface area contributed by atoms with Crippen molar-refractivity contribution in [2.45, 2.75) is 26.2 Å². The second-order valence-electron chi connectivity index (χ2n) is 6.92. The summed E-state index contributed by atoms with van der Waals surface area (Å²) in [6.45, 7) is 6.26. The van der Waals surface area contributed by atoms with E-state index in [9.17, 15) is 4.39 Å². The van der Waals surface area contributed by atoms with Gasteiger partial charge in [0.1, 0.15) is 11.6 Å². The Morgan fingerprint density at radius 1 is 1.12 bits per heavy atom. The van der Waals surface area contributed by atoms with Crippen LogP contribution >= 0.6 is 0 Å². The minimum absolute atomic E-state index is 0.261. The first-order valence-electron chi connectivity index (χ1n) is 9.29. The maximum absolute atomic E-state index is 13.5. The molecule has 26 heavy (non-hydrogen) atoms. The molecule has 0 aliphatic carbocycles. The maximum Gasteiger partial charge on any atom is 0.158 e. The average Bonchev–Trinajstić information content (AvgIpc) is 3.07. The third kappa shape index (κ3) is 3.70. The molecule has 1 fully saturated rings. The molecule has 3 aromatic rings. The molecule has 0 unspecified atom stereocenters. The zero-order valence-corrected chi connectivity index (χ0v) is 15.1. The van der Waals surface area contributed by atoms with Crippen LogP contribution in [0.5, 0.6) is 0 Å². The van der Waals surface area contributed by atoms with E-state index in [4.69, 9.17) is 0 Å². The number of aryl methyl sites for hydroxylation is 1. The van der Waals surface area contributed by atoms with Crippen LogP contribution in [0.4, 0.5) is 10.2 Å². The SMILES string of the molecule is Cc1cc(NCCN2CCCCC2)n2nc(-c3cccc(F)c3)cc2n1. The van der Waals surface area contributed by atoms with Crippen molar-refractivity contribution in [1.29, 1.82) is 0 Å². The normalized spacial score (nSPS) is 15.5. The van der Waals surface area contributed by atoms with Crippen molar-refractivity contribution in [2.75, 3.05) is 31.5 Å². The number of halogens is 1. The number of hydrogen-bond acceptors (Lipinski definition) is 4. The highest BCUT2D eigenvalue weighted by molar-refractivity contribution is 5.65. The predicted molar refractivity (Wildman–Crippen MR) is 102 cm³/mol. The average molecular weight is 353 g/mol. The molecule has 0 spiro atoms. The molecule has 1 aliphatic heterocycles. The second-order valence-corrected chi connectivity index (χ2v) is 6.92. The lowest BCUT2D eigenvalue weighted by Gasteiger charge is -2.26. The number of nitrogens with one attached hydrogen (secondary N) is 1. The van der Waals surface area contributed by atoms with Crippen molar-refractivity contribution in [3.63, 3.8) is 0 Å². The number of piperidine rings is 1. The minimum atomic E-state index is -0.261. The first-order valence-corrected chi connectivity index (χ1v) is 9.29. The molecule has 6 heteroatoms. The van der Waals surface area contributed by atoms with E-state index in [2.05, 4.69) is 20.3 Å². The van der Waals surface area contributed by atoms with Crippen LogP contribution in [0.15, 0.2) is 36.4 Å². The Balaban J connectivity index is 1.56. The highest BCUT2D eigenvalue weighted by Gasteiger charge is 2.12. The molecule has 2 aromatic heterocycles. The molecule has 0 radical (unpaired) electrons. The summed E-state index contributed by atoms with van der Waals surface area (Å²) in [7, 11) is 0. The van der Waals surface area contributed by atoms with E-state index in [-0.39, 0.29) is 5.82 Å². The lowest BCUT2D eigenvalue weighted by molar-refractivity contribution is 0.237. The van der Waals surface area contributed by atoms with E-state index >= 15 is 0 Å². The Bertz CT molecular complexity index is 898. The fourth-order valence-electron chi connectivity index (χ4n) is 3.54. The molecule has 0 atom stereocenters. The fourth-order valence-corrected chi connectivity index (χ4v) is 3.54. The highest BCUT2D eigenvalue weighted by atomic mass is 19.1. The van der Waals surface area contributed by atoms with Gasteiger partial charge in [-0.15, -0.1) is 0 Å². The van der Waals surface area contributed by atoms with Crippen LogP contribution in [0.25, 0.3) is 16.9 Å². The molecule has 1 aliphatic rings. The molecule has 3 heterocycles. The van der Waals surface area contributed by atoms with Crippen LogP contribution in [0.1, 0.15) is 25.0 Å². The van der Waals surface area contributed by atoms with E-state index in [1.54, 1.807) is 6.07 Å². The van der Waals surface area contributed by atoms with Gasteiger partial charge in [0.25, 0.3) is 0 Å². The molecule has 4 rings (SSSR count). The Kier molecular flexibility index (Phi) is 4.84. The first kappa shape index (κ1) is 17.0. The molecule has 1 aromatic carbocycles. The summed E-state index contributed by atoms with van der Waals surface area (Å²) in [6.07, 6.45) is 3.95. The second kappa shape index (κ2) is 7.41. The van der Waals surface area contributed by atoms with Gasteiger partial charge in [0, 0.05) is 36.5 Å². The van der Waals surface area contributed by atoms with Gasteiger partial charge in [-0.2, -0.15) is 9.61 Å². The number of benzene rings is 1. The van der Waals surface area contributed by atoms with Gasteiger partial charge in [0.15, 0.2) is 5.65 Å². The Morgan fingerprint density at radius 3 is 2.77 bits per heavy atom. The third-order valence-corrected chi connectivity index (χ3v) is 4.86. The van der Waals surface area contributed by atoms with E-state index < -0.39 is 0 Å². The fraction of sp³-hybridized carbons (Fsp3) is 0.400. The van der Waals surface area contributed by atoms with E-state index in [1.807, 2.05) is 29.6 Å². The minimum Gasteiger partial charge on any atom is -0.369 e. The number of likely N-dealkylation sites (tertiary alicyclic amines) is 1. The summed E-state index contributed by atoms with van der Waals surface area (Å²) in [6, 6.07) is 10.4. The van der Waals surface area contributed by atoms with Gasteiger partial charge in [-0.3, -0.25) is 0 Å². The lowest BCUT2D eigenvalue weighted by atomic mass is 10.1. The van der Waals surface area contributed by atoms with Crippen LogP contribution < -0.4 is 5.32 Å². The number of hydrogen-bond donors (Lipinski definition) is 1. The highest BCUT2D eigenvalue weighted by Crippen LogP contribution is 2.22. The van der Waals surface area contributed by atoms with Gasteiger partial charge in [0.05, 0.1) is 5.69 Å². The molecule has 0 bridgehead atoms. The first-order chi connectivity index (χ1) is 12.7. The quantitative estimate of drug-likeness (QED) is 0.759. The number of nitrogens with zero attached hydrogens (tertiary/aromatic N) is 4. The standard InChI is InChI=1S/C20H24FN5/c1-15-12-19(22-8-11-25-9-3-2-4-10-25)26-20(23-15)14-18(24-26)16-6-5-7-17(21)13-16/h5-7,12-14,22H,2-4,8-11H2,1H3. The van der Waals surface area contributed by atoms with Gasteiger partial charge >= 0.3 is 0 Å². The number of anilines is 1. The number of fused-ring (bicyclic) bond motifs is 1. The third-order valence-electron chi connectivity index (χ3n) is 4.86. The number of rotatable bonds is 5. The van der Waals surface area contributed by atoms with Crippen molar-refractivity contribution < 1.29 is 4.39 Å². The maximum atomic E-state index is 13.5. The summed E-state index contributed by atoms with van der Waals surface area (Å²) in [5.41, 5.74) is 3.18. The summed E-state index contributed by atoms with van der Waals surface area (Å²) in [5.74, 6) is 0.663. The van der Waals surface area contributed by atoms with Crippen LogP contribution in [-0.2, 0) is 0 Å². The molecular formula is C20H24FN5. The Hall–Kier alpha value is -2.47. The molecule has 5 nitrogen and oxygen atoms in total. The van der Waals surface area contributed by atoms with Gasteiger partial charge in [0.2, 0.25) is 0 Å². The van der Waals surface area contributed by atoms with Crippen molar-refractivity contribution in [3.05, 3.63) is 47.9 Å². The summed E-state index contributed by atoms with van der Waals surface area (Å²) < 4.78 is 15.3. The van der Waals surface area contributed by atoms with Gasteiger partial charge in [-0.05, 0) is 45.0 Å². The molecule has 0 amide bonds. The molecule has 1 N–H and O–H groups in total. The molecule has 1 saturated heterocycles. The van der Waals surface area contributed by atoms with Crippen molar-refractivity contribution >= 4 is 11.5 Å². The Labute approximate surface area is 152 Å². The van der Waals surface area contributed by atoms with Crippen molar-refractivity contribution in [2.24, 2.45) is 0 Å². The topological polar surface area (TPSA) is 45.5 Å². The predicted octanol–water partition coefficient (Wildman–Crippen LogP) is 3.74. The van der Waals surface area contributed by atoms with E-state index in [0.29, 0.717) is 0 Å². The van der Waals surface area contributed by atoms with Crippen molar-refractivity contribution in [1.82, 2.24) is 19.5 Å². The number of aromatic nitrogens is 3. The zero-order chi connectivity index (χ0) is 17.9. The van der Waals surface area contributed by atoms with Crippen LogP contribution in [-0.4, -0.2) is 45.7 Å².